The molecule has 1 rings (SSSR count). The first-order valence-electron chi connectivity index (χ1n) is 5.68. The van der Waals surface area contributed by atoms with Gasteiger partial charge in [-0.2, -0.15) is 17.5 Å². The fourth-order valence-corrected chi connectivity index (χ4v) is 3.16. The van der Waals surface area contributed by atoms with Crippen LogP contribution in [0.2, 0.25) is 0 Å². The number of alkyl halides is 3. The Hall–Kier alpha value is -1.26. The van der Waals surface area contributed by atoms with Gasteiger partial charge in [0.15, 0.2) is 11.6 Å². The van der Waals surface area contributed by atoms with Crippen molar-refractivity contribution in [1.29, 1.82) is 0 Å². The van der Waals surface area contributed by atoms with Crippen LogP contribution in [0.1, 0.15) is 12.5 Å². The van der Waals surface area contributed by atoms with Gasteiger partial charge in [0.05, 0.1) is 6.61 Å². The first-order chi connectivity index (χ1) is 9.52. The van der Waals surface area contributed by atoms with Gasteiger partial charge >= 0.3 is 6.18 Å². The van der Waals surface area contributed by atoms with Crippen LogP contribution in [0.3, 0.4) is 0 Å². The molecule has 4 nitrogen and oxygen atoms in total. The molecule has 0 aliphatic carbocycles. The largest absolute Gasteiger partial charge is 0.402 e. The number of nitrogens with zero attached hydrogens (tertiary/aromatic N) is 1. The average molecular weight is 333 g/mol. The van der Waals surface area contributed by atoms with Crippen LogP contribution in [0, 0.1) is 11.6 Å². The van der Waals surface area contributed by atoms with Gasteiger partial charge in [-0.15, -0.1) is 0 Å². The van der Waals surface area contributed by atoms with Crippen LogP contribution in [0.15, 0.2) is 17.0 Å². The van der Waals surface area contributed by atoms with E-state index in [1.807, 2.05) is 0 Å². The summed E-state index contributed by atoms with van der Waals surface area (Å²) in [6.45, 7) is -2.05. The van der Waals surface area contributed by atoms with E-state index < -0.39 is 52.4 Å². The second-order valence-electron chi connectivity index (χ2n) is 4.09. The number of benzene rings is 1. The van der Waals surface area contributed by atoms with E-state index in [0.29, 0.717) is 12.1 Å². The van der Waals surface area contributed by atoms with E-state index in [9.17, 15) is 30.4 Å². The Bertz CT molecular complexity index is 615. The third kappa shape index (κ3) is 4.11. The van der Waals surface area contributed by atoms with Gasteiger partial charge in [0.1, 0.15) is 11.4 Å². The predicted octanol–water partition coefficient (Wildman–Crippen LogP) is 2.03. The van der Waals surface area contributed by atoms with Crippen LogP contribution >= 0.6 is 0 Å². The number of sulfonamides is 1. The number of hydrogen-bond acceptors (Lipinski definition) is 3. The third-order valence-corrected chi connectivity index (χ3v) is 4.48. The molecular formula is C11H12F5NO3S. The molecule has 120 valence electrons. The van der Waals surface area contributed by atoms with E-state index in [2.05, 4.69) is 0 Å². The highest BCUT2D eigenvalue weighted by atomic mass is 32.2. The minimum atomic E-state index is -4.88. The van der Waals surface area contributed by atoms with Crippen molar-refractivity contribution in [3.05, 3.63) is 29.3 Å². The monoisotopic (exact) mass is 333 g/mol. The van der Waals surface area contributed by atoms with Gasteiger partial charge < -0.3 is 5.11 Å². The average Bonchev–Trinajstić information content (AvgIpc) is 2.37. The van der Waals surface area contributed by atoms with Crippen LogP contribution in [0.25, 0.3) is 0 Å². The van der Waals surface area contributed by atoms with Gasteiger partial charge in [0.25, 0.3) is 0 Å². The third-order valence-electron chi connectivity index (χ3n) is 2.56. The predicted molar refractivity (Wildman–Crippen MR) is 62.8 cm³/mol. The van der Waals surface area contributed by atoms with E-state index in [1.54, 1.807) is 0 Å². The van der Waals surface area contributed by atoms with Crippen molar-refractivity contribution in [2.24, 2.45) is 0 Å². The van der Waals surface area contributed by atoms with Crippen LogP contribution in [0.5, 0.6) is 0 Å². The van der Waals surface area contributed by atoms with E-state index >= 15 is 0 Å². The molecule has 0 spiro atoms. The van der Waals surface area contributed by atoms with Crippen LogP contribution in [-0.4, -0.2) is 37.1 Å². The lowest BCUT2D eigenvalue weighted by Crippen LogP contribution is -2.39. The van der Waals surface area contributed by atoms with Crippen LogP contribution in [0.4, 0.5) is 22.0 Å². The van der Waals surface area contributed by atoms with Crippen molar-refractivity contribution >= 4 is 10.0 Å². The highest BCUT2D eigenvalue weighted by Crippen LogP contribution is 2.26. The zero-order chi connectivity index (χ0) is 16.4. The van der Waals surface area contributed by atoms with Crippen molar-refractivity contribution in [3.8, 4) is 0 Å². The molecule has 21 heavy (non-hydrogen) atoms. The summed E-state index contributed by atoms with van der Waals surface area (Å²) >= 11 is 0. The molecule has 0 unspecified atom stereocenters. The van der Waals surface area contributed by atoms with E-state index in [0.717, 1.165) is 6.92 Å². The van der Waals surface area contributed by atoms with Gasteiger partial charge in [-0.25, -0.2) is 17.2 Å². The minimum absolute atomic E-state index is 0.0218. The summed E-state index contributed by atoms with van der Waals surface area (Å²) in [5.41, 5.74) is -0.268. The van der Waals surface area contributed by atoms with Crippen molar-refractivity contribution < 1.29 is 35.5 Å². The van der Waals surface area contributed by atoms with Crippen molar-refractivity contribution in [2.45, 2.75) is 24.6 Å². The summed E-state index contributed by atoms with van der Waals surface area (Å²) in [4.78, 5) is -1.24. The summed E-state index contributed by atoms with van der Waals surface area (Å²) in [7, 11) is -4.88. The standard InChI is InChI=1S/C11H12F5NO3S/c1-2-17(6-11(14,15)16)21(19,20)9-4-7(5-18)3-8(12)10(9)13/h3-4,18H,2,5-6H2,1H3. The smallest absolute Gasteiger partial charge is 0.392 e. The summed E-state index contributed by atoms with van der Waals surface area (Å²) in [6.07, 6.45) is -4.83. The molecule has 0 saturated carbocycles. The molecule has 0 aromatic heterocycles. The second-order valence-corrected chi connectivity index (χ2v) is 6.00. The van der Waals surface area contributed by atoms with Gasteiger partial charge in [-0.1, -0.05) is 6.92 Å². The number of rotatable bonds is 5. The SMILES string of the molecule is CCN(CC(F)(F)F)S(=O)(=O)c1cc(CO)cc(F)c1F. The van der Waals surface area contributed by atoms with Gasteiger partial charge in [-0.3, -0.25) is 0 Å². The molecule has 0 fully saturated rings. The maximum absolute atomic E-state index is 13.6. The summed E-state index contributed by atoms with van der Waals surface area (Å²) in [6, 6.07) is 1.17. The molecule has 0 bridgehead atoms. The summed E-state index contributed by atoms with van der Waals surface area (Å²) in [5, 5.41) is 8.85. The molecule has 1 N–H and O–H groups in total. The molecule has 0 saturated heterocycles. The number of hydrogen-bond donors (Lipinski definition) is 1. The molecule has 0 heterocycles. The summed E-state index contributed by atoms with van der Waals surface area (Å²) in [5.74, 6) is -3.35. The van der Waals surface area contributed by atoms with Crippen molar-refractivity contribution in [3.63, 3.8) is 0 Å². The van der Waals surface area contributed by atoms with Crippen LogP contribution in [-0.2, 0) is 16.6 Å². The Labute approximate surface area is 117 Å². The molecule has 0 radical (unpaired) electrons. The maximum Gasteiger partial charge on any atom is 0.402 e. The zero-order valence-corrected chi connectivity index (χ0v) is 11.6. The van der Waals surface area contributed by atoms with E-state index in [1.165, 1.54) is 0 Å². The maximum atomic E-state index is 13.6. The minimum Gasteiger partial charge on any atom is -0.392 e. The number of halogens is 5. The van der Waals surface area contributed by atoms with Gasteiger partial charge in [0.2, 0.25) is 10.0 Å². The molecule has 1 aromatic rings. The second kappa shape index (κ2) is 6.24. The van der Waals surface area contributed by atoms with Gasteiger partial charge in [-0.05, 0) is 17.7 Å². The molecular weight excluding hydrogens is 321 g/mol. The highest BCUT2D eigenvalue weighted by Gasteiger charge is 2.37. The highest BCUT2D eigenvalue weighted by molar-refractivity contribution is 7.89. The molecule has 0 atom stereocenters. The Kier molecular flexibility index (Phi) is 5.29. The molecule has 0 aliphatic rings. The van der Waals surface area contributed by atoms with E-state index in [-0.39, 0.29) is 9.87 Å². The first kappa shape index (κ1) is 17.8. The number of aliphatic hydroxyl groups excluding tert-OH is 1. The zero-order valence-electron chi connectivity index (χ0n) is 10.8. The van der Waals surface area contributed by atoms with E-state index in [4.69, 9.17) is 5.11 Å². The molecule has 0 amide bonds. The quantitative estimate of drug-likeness (QED) is 0.839. The molecule has 0 aliphatic heterocycles. The fourth-order valence-electron chi connectivity index (χ4n) is 1.60. The molecule has 1 aromatic carbocycles. The summed E-state index contributed by atoms with van der Waals surface area (Å²) < 4.78 is 87.9. The Morgan fingerprint density at radius 3 is 2.24 bits per heavy atom. The molecule has 10 heteroatoms. The van der Waals surface area contributed by atoms with Crippen molar-refractivity contribution in [2.75, 3.05) is 13.1 Å². The lowest BCUT2D eigenvalue weighted by atomic mass is 10.2. The van der Waals surface area contributed by atoms with Crippen LogP contribution < -0.4 is 0 Å². The normalized spacial score (nSPS) is 13.0. The Morgan fingerprint density at radius 1 is 1.24 bits per heavy atom. The Morgan fingerprint density at radius 2 is 1.81 bits per heavy atom. The lowest BCUT2D eigenvalue weighted by Gasteiger charge is -2.22. The fraction of sp³-hybridized carbons (Fsp3) is 0.455. The van der Waals surface area contributed by atoms with Gasteiger partial charge in [0, 0.05) is 6.54 Å². The Balaban J connectivity index is 3.38. The number of aliphatic hydroxyl groups is 1. The first-order valence-corrected chi connectivity index (χ1v) is 7.12. The van der Waals surface area contributed by atoms with Crippen molar-refractivity contribution in [1.82, 2.24) is 4.31 Å². The lowest BCUT2D eigenvalue weighted by molar-refractivity contribution is -0.135. The topological polar surface area (TPSA) is 57.6 Å².